The van der Waals surface area contributed by atoms with E-state index in [0.29, 0.717) is 0 Å². The summed E-state index contributed by atoms with van der Waals surface area (Å²) in [5.41, 5.74) is 1.16. The lowest BCUT2D eigenvalue weighted by molar-refractivity contribution is 0.659. The largest absolute Gasteiger partial charge is 0.313 e. The molecular weight excluding hydrogens is 174 g/mol. The highest BCUT2D eigenvalue weighted by atomic mass is 15.2. The van der Waals surface area contributed by atoms with Crippen molar-refractivity contribution in [1.29, 1.82) is 0 Å². The third-order valence-corrected chi connectivity index (χ3v) is 1.85. The number of aromatic nitrogens is 2. The van der Waals surface area contributed by atoms with Gasteiger partial charge in [0, 0.05) is 30.9 Å². The van der Waals surface area contributed by atoms with Gasteiger partial charge in [-0.1, -0.05) is 6.58 Å². The van der Waals surface area contributed by atoms with E-state index in [-0.39, 0.29) is 0 Å². The molecule has 0 unspecified atom stereocenters. The second-order valence-corrected chi connectivity index (χ2v) is 3.00. The molecule has 0 bridgehead atoms. The van der Waals surface area contributed by atoms with E-state index in [4.69, 9.17) is 6.42 Å². The SMILES string of the molecule is C#CCCCNCc1cnn(C=C)c1. The summed E-state index contributed by atoms with van der Waals surface area (Å²) in [7, 11) is 0. The zero-order chi connectivity index (χ0) is 10.2. The summed E-state index contributed by atoms with van der Waals surface area (Å²) < 4.78 is 1.69. The minimum absolute atomic E-state index is 0.832. The first-order valence-corrected chi connectivity index (χ1v) is 4.66. The van der Waals surface area contributed by atoms with Gasteiger partial charge in [0.15, 0.2) is 0 Å². The first-order chi connectivity index (χ1) is 6.86. The molecule has 1 heterocycles. The molecule has 1 N–H and O–H groups in total. The maximum Gasteiger partial charge on any atom is 0.0538 e. The highest BCUT2D eigenvalue weighted by molar-refractivity contribution is 5.17. The Hall–Kier alpha value is -1.53. The molecule has 0 aliphatic rings. The molecule has 0 fully saturated rings. The first kappa shape index (κ1) is 10.6. The van der Waals surface area contributed by atoms with Crippen molar-refractivity contribution in [1.82, 2.24) is 15.1 Å². The fraction of sp³-hybridized carbons (Fsp3) is 0.364. The summed E-state index contributed by atoms with van der Waals surface area (Å²) >= 11 is 0. The van der Waals surface area contributed by atoms with Crippen LogP contribution in [-0.2, 0) is 6.54 Å². The average Bonchev–Trinajstić information content (AvgIpc) is 2.65. The van der Waals surface area contributed by atoms with Gasteiger partial charge in [-0.3, -0.25) is 0 Å². The Morgan fingerprint density at radius 3 is 3.21 bits per heavy atom. The van der Waals surface area contributed by atoms with Crippen LogP contribution >= 0.6 is 0 Å². The maximum absolute atomic E-state index is 5.14. The van der Waals surface area contributed by atoms with E-state index in [1.807, 2.05) is 12.4 Å². The number of nitrogens with one attached hydrogen (secondary N) is 1. The van der Waals surface area contributed by atoms with E-state index in [1.54, 1.807) is 10.9 Å². The van der Waals surface area contributed by atoms with Crippen LogP contribution in [0.2, 0.25) is 0 Å². The van der Waals surface area contributed by atoms with E-state index < -0.39 is 0 Å². The maximum atomic E-state index is 5.14. The van der Waals surface area contributed by atoms with E-state index in [9.17, 15) is 0 Å². The monoisotopic (exact) mass is 189 g/mol. The van der Waals surface area contributed by atoms with Crippen LogP contribution in [0.4, 0.5) is 0 Å². The Morgan fingerprint density at radius 2 is 2.57 bits per heavy atom. The zero-order valence-corrected chi connectivity index (χ0v) is 8.24. The molecule has 0 aromatic carbocycles. The summed E-state index contributed by atoms with van der Waals surface area (Å²) in [5, 5.41) is 7.37. The highest BCUT2D eigenvalue weighted by Crippen LogP contribution is 1.97. The van der Waals surface area contributed by atoms with Crippen molar-refractivity contribution in [3.63, 3.8) is 0 Å². The van der Waals surface area contributed by atoms with E-state index in [0.717, 1.165) is 31.5 Å². The van der Waals surface area contributed by atoms with Gasteiger partial charge in [-0.25, -0.2) is 4.68 Å². The van der Waals surface area contributed by atoms with Gasteiger partial charge in [0.2, 0.25) is 0 Å². The number of rotatable bonds is 6. The van der Waals surface area contributed by atoms with Crippen LogP contribution in [0.15, 0.2) is 19.0 Å². The summed E-state index contributed by atoms with van der Waals surface area (Å²) in [6, 6.07) is 0. The summed E-state index contributed by atoms with van der Waals surface area (Å²) in [6.45, 7) is 5.40. The summed E-state index contributed by atoms with van der Waals surface area (Å²) in [6.07, 6.45) is 12.4. The van der Waals surface area contributed by atoms with Crippen LogP contribution in [0.5, 0.6) is 0 Å². The van der Waals surface area contributed by atoms with Crippen molar-refractivity contribution in [3.05, 3.63) is 24.5 Å². The fourth-order valence-corrected chi connectivity index (χ4v) is 1.12. The Kier molecular flexibility index (Phi) is 4.53. The first-order valence-electron chi connectivity index (χ1n) is 4.66. The van der Waals surface area contributed by atoms with Crippen molar-refractivity contribution in [2.45, 2.75) is 19.4 Å². The normalized spacial score (nSPS) is 9.64. The summed E-state index contributed by atoms with van der Waals surface area (Å²) in [5.74, 6) is 2.61. The number of nitrogens with zero attached hydrogens (tertiary/aromatic N) is 2. The van der Waals surface area contributed by atoms with Gasteiger partial charge in [-0.2, -0.15) is 5.10 Å². The van der Waals surface area contributed by atoms with Crippen molar-refractivity contribution in [3.8, 4) is 12.3 Å². The molecule has 0 aliphatic carbocycles. The molecule has 1 aromatic rings. The smallest absolute Gasteiger partial charge is 0.0538 e. The number of terminal acetylenes is 1. The third kappa shape index (κ3) is 3.46. The zero-order valence-electron chi connectivity index (χ0n) is 8.24. The standard InChI is InChI=1S/C11H15N3/c1-3-5-6-7-12-8-11-9-13-14(4-2)10-11/h1,4,9-10,12H,2,5-8H2. The Bertz CT molecular complexity index is 320. The van der Waals surface area contributed by atoms with Crippen LogP contribution in [0.1, 0.15) is 18.4 Å². The van der Waals surface area contributed by atoms with E-state index in [2.05, 4.69) is 22.9 Å². The van der Waals surface area contributed by atoms with Crippen molar-refractivity contribution >= 4 is 6.20 Å². The minimum Gasteiger partial charge on any atom is -0.313 e. The van der Waals surface area contributed by atoms with Gasteiger partial charge < -0.3 is 5.32 Å². The Labute approximate surface area is 84.8 Å². The van der Waals surface area contributed by atoms with Gasteiger partial charge in [-0.05, 0) is 13.0 Å². The predicted octanol–water partition coefficient (Wildman–Crippen LogP) is 1.49. The van der Waals surface area contributed by atoms with Crippen LogP contribution in [-0.4, -0.2) is 16.3 Å². The van der Waals surface area contributed by atoms with Crippen LogP contribution in [0.3, 0.4) is 0 Å². The lowest BCUT2D eigenvalue weighted by Gasteiger charge is -1.99. The molecule has 0 saturated carbocycles. The van der Waals surface area contributed by atoms with E-state index in [1.165, 1.54) is 0 Å². The lowest BCUT2D eigenvalue weighted by atomic mass is 10.3. The predicted molar refractivity (Wildman–Crippen MR) is 58.4 cm³/mol. The number of unbranched alkanes of at least 4 members (excludes halogenated alkanes) is 1. The number of hydrogen-bond acceptors (Lipinski definition) is 2. The van der Waals surface area contributed by atoms with Crippen LogP contribution < -0.4 is 5.32 Å². The molecule has 3 nitrogen and oxygen atoms in total. The average molecular weight is 189 g/mol. The lowest BCUT2D eigenvalue weighted by Crippen LogP contribution is -2.13. The third-order valence-electron chi connectivity index (χ3n) is 1.85. The van der Waals surface area contributed by atoms with E-state index >= 15 is 0 Å². The molecule has 0 atom stereocenters. The van der Waals surface area contributed by atoms with Crippen LogP contribution in [0, 0.1) is 12.3 Å². The van der Waals surface area contributed by atoms with Crippen LogP contribution in [0.25, 0.3) is 6.20 Å². The van der Waals surface area contributed by atoms with Gasteiger partial charge in [0.1, 0.15) is 0 Å². The molecule has 3 heteroatoms. The molecular formula is C11H15N3. The number of hydrogen-bond donors (Lipinski definition) is 1. The van der Waals surface area contributed by atoms with Crippen molar-refractivity contribution < 1.29 is 0 Å². The van der Waals surface area contributed by atoms with Gasteiger partial charge in [0.25, 0.3) is 0 Å². The summed E-state index contributed by atoms with van der Waals surface area (Å²) in [4.78, 5) is 0. The molecule has 0 aliphatic heterocycles. The molecule has 0 radical (unpaired) electrons. The highest BCUT2D eigenvalue weighted by Gasteiger charge is 1.94. The Morgan fingerprint density at radius 1 is 1.71 bits per heavy atom. The molecule has 1 aromatic heterocycles. The van der Waals surface area contributed by atoms with Gasteiger partial charge >= 0.3 is 0 Å². The molecule has 74 valence electrons. The quantitative estimate of drug-likeness (QED) is 0.542. The van der Waals surface area contributed by atoms with Gasteiger partial charge in [-0.15, -0.1) is 12.3 Å². The molecule has 0 saturated heterocycles. The minimum atomic E-state index is 0.832. The van der Waals surface area contributed by atoms with Gasteiger partial charge in [0.05, 0.1) is 6.20 Å². The second kappa shape index (κ2) is 6.01. The second-order valence-electron chi connectivity index (χ2n) is 3.00. The fourth-order valence-electron chi connectivity index (χ4n) is 1.12. The molecule has 0 spiro atoms. The topological polar surface area (TPSA) is 29.9 Å². The Balaban J connectivity index is 2.18. The molecule has 0 amide bonds. The van der Waals surface area contributed by atoms with Crippen molar-refractivity contribution in [2.75, 3.05) is 6.54 Å². The molecule has 1 rings (SSSR count). The van der Waals surface area contributed by atoms with Crippen molar-refractivity contribution in [2.24, 2.45) is 0 Å². The molecule has 14 heavy (non-hydrogen) atoms.